The Morgan fingerprint density at radius 2 is 1.70 bits per heavy atom. The number of para-hydroxylation sites is 3. The van der Waals surface area contributed by atoms with E-state index < -0.39 is 0 Å². The Kier molecular flexibility index (Phi) is 6.01. The number of rotatable bonds is 6. The Morgan fingerprint density at radius 3 is 2.47 bits per heavy atom. The van der Waals surface area contributed by atoms with Crippen LogP contribution in [0.4, 0.5) is 5.69 Å². The molecule has 0 unspecified atom stereocenters. The van der Waals surface area contributed by atoms with Gasteiger partial charge in [0, 0.05) is 12.1 Å². The predicted octanol–water partition coefficient (Wildman–Crippen LogP) is 4.31. The fourth-order valence-corrected chi connectivity index (χ4v) is 3.10. The molecule has 0 aliphatic rings. The monoisotopic (exact) mass is 417 g/mol. The number of nitrogens with one attached hydrogen (secondary N) is 2. The molecule has 1 aromatic heterocycles. The van der Waals surface area contributed by atoms with Crippen molar-refractivity contribution in [3.05, 3.63) is 90.3 Å². The number of amides is 1. The predicted molar refractivity (Wildman–Crippen MR) is 120 cm³/mol. The summed E-state index contributed by atoms with van der Waals surface area (Å²) in [5.74, 6) is 0.961. The number of oxazole rings is 1. The fourth-order valence-electron chi connectivity index (χ4n) is 2.87. The molecule has 2 N–H and O–H groups in total. The molecule has 0 bridgehead atoms. The fraction of sp³-hybridized carbons (Fsp3) is 0.0870. The summed E-state index contributed by atoms with van der Waals surface area (Å²) in [6.07, 6.45) is 0.590. The van der Waals surface area contributed by atoms with E-state index in [-0.39, 0.29) is 17.6 Å². The molecule has 6 nitrogen and oxygen atoms in total. The highest BCUT2D eigenvalue weighted by Crippen LogP contribution is 2.18. The van der Waals surface area contributed by atoms with Gasteiger partial charge in [0.1, 0.15) is 11.3 Å². The van der Waals surface area contributed by atoms with Crippen molar-refractivity contribution < 1.29 is 13.9 Å². The Morgan fingerprint density at radius 1 is 0.967 bits per heavy atom. The number of carbonyl (C=O) groups excluding carboxylic acids is 1. The average molecular weight is 417 g/mol. The molecule has 7 heteroatoms. The van der Waals surface area contributed by atoms with Crippen LogP contribution in [0.2, 0.25) is 0 Å². The zero-order valence-electron chi connectivity index (χ0n) is 16.0. The largest absolute Gasteiger partial charge is 0.484 e. The van der Waals surface area contributed by atoms with Gasteiger partial charge in [0.15, 0.2) is 23.2 Å². The first kappa shape index (κ1) is 19.6. The molecule has 30 heavy (non-hydrogen) atoms. The van der Waals surface area contributed by atoms with Crippen LogP contribution in [-0.2, 0) is 11.2 Å². The van der Waals surface area contributed by atoms with E-state index in [1.807, 2.05) is 66.7 Å². The topological polar surface area (TPSA) is 76.4 Å². The number of thiocarbonyl (C=S) groups is 1. The summed E-state index contributed by atoms with van der Waals surface area (Å²) >= 11 is 5.19. The number of aromatic nitrogens is 1. The van der Waals surface area contributed by atoms with E-state index >= 15 is 0 Å². The highest BCUT2D eigenvalue weighted by molar-refractivity contribution is 7.80. The van der Waals surface area contributed by atoms with Crippen molar-refractivity contribution in [3.63, 3.8) is 0 Å². The Hall–Kier alpha value is -3.71. The second kappa shape index (κ2) is 9.19. The summed E-state index contributed by atoms with van der Waals surface area (Å²) in [7, 11) is 0. The van der Waals surface area contributed by atoms with Gasteiger partial charge in [0.25, 0.3) is 5.91 Å². The van der Waals surface area contributed by atoms with Gasteiger partial charge >= 0.3 is 0 Å². The van der Waals surface area contributed by atoms with Crippen LogP contribution in [0.25, 0.3) is 11.1 Å². The quantitative estimate of drug-likeness (QED) is 0.455. The first-order chi connectivity index (χ1) is 14.7. The van der Waals surface area contributed by atoms with Crippen LogP contribution in [0.1, 0.15) is 11.5 Å². The van der Waals surface area contributed by atoms with Crippen LogP contribution in [0.3, 0.4) is 0 Å². The first-order valence-corrected chi connectivity index (χ1v) is 9.78. The molecule has 150 valence electrons. The van der Waals surface area contributed by atoms with E-state index in [1.165, 1.54) is 0 Å². The highest BCUT2D eigenvalue weighted by atomic mass is 32.1. The van der Waals surface area contributed by atoms with Crippen molar-refractivity contribution in [2.24, 2.45) is 0 Å². The lowest BCUT2D eigenvalue weighted by molar-refractivity contribution is -0.121. The standard InChI is InChI=1S/C23H19N3O3S/c27-21(15-28-18-6-2-1-3-7-18)26-23(30)24-17-12-10-16(11-13-17)14-22-25-19-8-4-5-9-20(19)29-22/h1-13H,14-15H2,(H2,24,26,27,30). The Bertz CT molecular complexity index is 1120. The van der Waals surface area contributed by atoms with Crippen LogP contribution in [0.5, 0.6) is 5.75 Å². The third-order valence-electron chi connectivity index (χ3n) is 4.27. The lowest BCUT2D eigenvalue weighted by Gasteiger charge is -2.10. The molecule has 0 saturated carbocycles. The SMILES string of the molecule is O=C(COc1ccccc1)NC(=S)Nc1ccc(Cc2nc3ccccc3o2)cc1. The van der Waals surface area contributed by atoms with Crippen molar-refractivity contribution in [2.45, 2.75) is 6.42 Å². The minimum atomic E-state index is -0.330. The van der Waals surface area contributed by atoms with E-state index in [2.05, 4.69) is 15.6 Å². The van der Waals surface area contributed by atoms with Gasteiger partial charge in [0.2, 0.25) is 0 Å². The number of benzene rings is 3. The molecule has 1 heterocycles. The zero-order valence-corrected chi connectivity index (χ0v) is 16.8. The van der Waals surface area contributed by atoms with Crippen molar-refractivity contribution in [2.75, 3.05) is 11.9 Å². The molecule has 1 amide bonds. The molecule has 0 fully saturated rings. The van der Waals surface area contributed by atoms with E-state index in [4.69, 9.17) is 21.4 Å². The number of nitrogens with zero attached hydrogens (tertiary/aromatic N) is 1. The first-order valence-electron chi connectivity index (χ1n) is 9.38. The van der Waals surface area contributed by atoms with Crippen molar-refractivity contribution in [1.29, 1.82) is 0 Å². The van der Waals surface area contributed by atoms with Crippen LogP contribution < -0.4 is 15.4 Å². The molecule has 3 aromatic carbocycles. The molecule has 0 radical (unpaired) electrons. The maximum atomic E-state index is 12.0. The van der Waals surface area contributed by atoms with Gasteiger partial charge in [-0.05, 0) is 54.2 Å². The number of fused-ring (bicyclic) bond motifs is 1. The molecule has 0 saturated heterocycles. The normalized spacial score (nSPS) is 10.5. The van der Waals surface area contributed by atoms with Crippen molar-refractivity contribution in [3.8, 4) is 5.75 Å². The minimum absolute atomic E-state index is 0.116. The van der Waals surface area contributed by atoms with Gasteiger partial charge in [-0.15, -0.1) is 0 Å². The molecule has 4 aromatic rings. The molecule has 0 atom stereocenters. The molecule has 0 spiro atoms. The van der Waals surface area contributed by atoms with Crippen LogP contribution >= 0.6 is 12.2 Å². The second-order valence-corrected chi connectivity index (χ2v) is 6.96. The Balaban J connectivity index is 1.27. The van der Waals surface area contributed by atoms with E-state index in [0.717, 1.165) is 22.4 Å². The summed E-state index contributed by atoms with van der Waals surface area (Å²) in [4.78, 5) is 16.5. The van der Waals surface area contributed by atoms with E-state index in [0.29, 0.717) is 18.1 Å². The molecule has 4 rings (SSSR count). The Labute approximate surface area is 178 Å². The summed E-state index contributed by atoms with van der Waals surface area (Å²) < 4.78 is 11.2. The van der Waals surface area contributed by atoms with Gasteiger partial charge in [-0.25, -0.2) is 4.98 Å². The van der Waals surface area contributed by atoms with Crippen molar-refractivity contribution >= 4 is 40.0 Å². The molecular formula is C23H19N3O3S. The van der Waals surface area contributed by atoms with Gasteiger partial charge in [-0.1, -0.05) is 42.5 Å². The van der Waals surface area contributed by atoms with Crippen LogP contribution in [0, 0.1) is 0 Å². The summed E-state index contributed by atoms with van der Waals surface area (Å²) in [6.45, 7) is -0.116. The summed E-state index contributed by atoms with van der Waals surface area (Å²) in [5, 5.41) is 5.80. The van der Waals surface area contributed by atoms with Gasteiger partial charge in [-0.3, -0.25) is 10.1 Å². The van der Waals surface area contributed by atoms with Crippen LogP contribution in [0.15, 0.2) is 83.3 Å². The smallest absolute Gasteiger partial charge is 0.264 e. The number of ether oxygens (including phenoxy) is 1. The third kappa shape index (κ3) is 5.21. The number of anilines is 1. The van der Waals surface area contributed by atoms with E-state index in [9.17, 15) is 4.79 Å². The highest BCUT2D eigenvalue weighted by Gasteiger charge is 2.08. The molecule has 0 aliphatic heterocycles. The maximum absolute atomic E-state index is 12.0. The van der Waals surface area contributed by atoms with Gasteiger partial charge < -0.3 is 14.5 Å². The average Bonchev–Trinajstić information content (AvgIpc) is 3.17. The van der Waals surface area contributed by atoms with Crippen molar-refractivity contribution in [1.82, 2.24) is 10.3 Å². The number of hydrogen-bond donors (Lipinski definition) is 2. The van der Waals surface area contributed by atoms with Gasteiger partial charge in [-0.2, -0.15) is 0 Å². The zero-order chi connectivity index (χ0) is 20.8. The number of carbonyl (C=O) groups is 1. The van der Waals surface area contributed by atoms with Crippen LogP contribution in [-0.4, -0.2) is 22.6 Å². The summed E-state index contributed by atoms with van der Waals surface area (Å²) in [5.41, 5.74) is 3.45. The third-order valence-corrected chi connectivity index (χ3v) is 4.48. The second-order valence-electron chi connectivity index (χ2n) is 6.55. The lowest BCUT2D eigenvalue weighted by Crippen LogP contribution is -2.37. The minimum Gasteiger partial charge on any atom is -0.484 e. The molecule has 0 aliphatic carbocycles. The van der Waals surface area contributed by atoms with E-state index in [1.54, 1.807) is 12.1 Å². The summed E-state index contributed by atoms with van der Waals surface area (Å²) in [6, 6.07) is 24.5. The number of hydrogen-bond acceptors (Lipinski definition) is 5. The maximum Gasteiger partial charge on any atom is 0.264 e. The van der Waals surface area contributed by atoms with Gasteiger partial charge in [0.05, 0.1) is 0 Å². The lowest BCUT2D eigenvalue weighted by atomic mass is 10.1. The molecular weight excluding hydrogens is 398 g/mol.